The molecule has 1 atom stereocenters. The van der Waals surface area contributed by atoms with Crippen molar-refractivity contribution in [3.63, 3.8) is 0 Å². The summed E-state index contributed by atoms with van der Waals surface area (Å²) in [4.78, 5) is 10.3. The largest absolute Gasteiger partial charge is 0.550 e. The lowest BCUT2D eigenvalue weighted by atomic mass is 10.2. The molecule has 0 spiro atoms. The molecule has 17 heavy (non-hydrogen) atoms. The van der Waals surface area contributed by atoms with Crippen LogP contribution in [-0.2, 0) is 19.1 Å². The number of carbonyl (C=O) groups excluding carboxylic acids is 1. The average Bonchev–Trinajstić information content (AvgIpc) is 2.15. The van der Waals surface area contributed by atoms with Gasteiger partial charge in [0.2, 0.25) is 0 Å². The van der Waals surface area contributed by atoms with Crippen molar-refractivity contribution in [3.05, 3.63) is 29.8 Å². The fourth-order valence-corrected chi connectivity index (χ4v) is 2.33. The second kappa shape index (κ2) is 5.29. The normalized spacial score (nSPS) is 13.3. The van der Waals surface area contributed by atoms with Crippen LogP contribution in [0.5, 0.6) is 0 Å². The van der Waals surface area contributed by atoms with Crippen molar-refractivity contribution in [3.8, 4) is 0 Å². The molecule has 5 nitrogen and oxygen atoms in total. The van der Waals surface area contributed by atoms with Crippen molar-refractivity contribution in [2.24, 2.45) is 0 Å². The molecule has 0 aliphatic rings. The number of aryl methyl sites for hydroxylation is 1. The Morgan fingerprint density at radius 3 is 2.35 bits per heavy atom. The molecule has 0 aliphatic carbocycles. The van der Waals surface area contributed by atoms with Crippen LogP contribution < -0.4 is 5.11 Å². The predicted molar refractivity (Wildman–Crippen MR) is 58.5 cm³/mol. The first kappa shape index (κ1) is 13.7. The molecule has 0 N–H and O–H groups in total. The number of hydrogen-bond donors (Lipinski definition) is 0. The van der Waals surface area contributed by atoms with Gasteiger partial charge in [0.15, 0.2) is 0 Å². The highest BCUT2D eigenvalue weighted by Crippen LogP contribution is 2.15. The molecule has 0 saturated heterocycles. The maximum Gasteiger partial charge on any atom is 0.297 e. The van der Waals surface area contributed by atoms with E-state index in [9.17, 15) is 18.3 Å². The third kappa shape index (κ3) is 4.16. The summed E-state index contributed by atoms with van der Waals surface area (Å²) in [5, 5.41) is 10.3. The molecule has 0 radical (unpaired) electrons. The van der Waals surface area contributed by atoms with Gasteiger partial charge in [0.1, 0.15) is 0 Å². The van der Waals surface area contributed by atoms with E-state index in [0.717, 1.165) is 5.56 Å². The summed E-state index contributed by atoms with van der Waals surface area (Å²) < 4.78 is 28.1. The van der Waals surface area contributed by atoms with E-state index < -0.39 is 28.6 Å². The quantitative estimate of drug-likeness (QED) is 0.705. The van der Waals surface area contributed by atoms with E-state index in [1.165, 1.54) is 19.1 Å². The molecule has 1 unspecified atom stereocenters. The summed E-state index contributed by atoms with van der Waals surface area (Å²) >= 11 is 0. The molecule has 1 aromatic rings. The molecule has 0 fully saturated rings. The van der Waals surface area contributed by atoms with Crippen LogP contribution in [0.2, 0.25) is 0 Å². The van der Waals surface area contributed by atoms with Crippen molar-refractivity contribution >= 4 is 16.1 Å². The lowest BCUT2D eigenvalue weighted by Gasteiger charge is -2.13. The Bertz CT molecular complexity index is 489. The number of benzene rings is 1. The SMILES string of the molecule is Cc1ccc(S(=O)(=O)OC(C)CC(=O)[O-])cc1. The van der Waals surface area contributed by atoms with Gasteiger partial charge in [-0.05, 0) is 26.0 Å². The zero-order valence-corrected chi connectivity index (χ0v) is 10.4. The van der Waals surface area contributed by atoms with Gasteiger partial charge in [-0.3, -0.25) is 4.18 Å². The van der Waals surface area contributed by atoms with Gasteiger partial charge in [0, 0.05) is 12.4 Å². The van der Waals surface area contributed by atoms with E-state index in [1.807, 2.05) is 6.92 Å². The van der Waals surface area contributed by atoms with Crippen LogP contribution in [0.15, 0.2) is 29.2 Å². The summed E-state index contributed by atoms with van der Waals surface area (Å²) in [7, 11) is -3.91. The number of carboxylic acids is 1. The number of rotatable bonds is 5. The first-order chi connectivity index (χ1) is 7.81. The smallest absolute Gasteiger partial charge is 0.297 e. The zero-order chi connectivity index (χ0) is 13.1. The second-order valence-corrected chi connectivity index (χ2v) is 5.32. The standard InChI is InChI=1S/C11H14O5S/c1-8-3-5-10(6-4-8)17(14,15)16-9(2)7-11(12)13/h3-6,9H,7H2,1-2H3,(H,12,13)/p-1. The third-order valence-corrected chi connectivity index (χ3v) is 3.49. The van der Waals surface area contributed by atoms with Gasteiger partial charge >= 0.3 is 0 Å². The Kier molecular flexibility index (Phi) is 4.25. The van der Waals surface area contributed by atoms with E-state index in [-0.39, 0.29) is 4.90 Å². The molecule has 1 rings (SSSR count). The van der Waals surface area contributed by atoms with Gasteiger partial charge < -0.3 is 9.90 Å². The summed E-state index contributed by atoms with van der Waals surface area (Å²) in [6.45, 7) is 3.19. The molecule has 1 aromatic carbocycles. The summed E-state index contributed by atoms with van der Waals surface area (Å²) in [5.41, 5.74) is 0.923. The van der Waals surface area contributed by atoms with Gasteiger partial charge in [-0.15, -0.1) is 0 Å². The van der Waals surface area contributed by atoms with Crippen molar-refractivity contribution in [2.75, 3.05) is 0 Å². The highest BCUT2D eigenvalue weighted by molar-refractivity contribution is 7.86. The van der Waals surface area contributed by atoms with Crippen LogP contribution in [0.25, 0.3) is 0 Å². The zero-order valence-electron chi connectivity index (χ0n) is 9.54. The van der Waals surface area contributed by atoms with Crippen LogP contribution in [0.1, 0.15) is 18.9 Å². The molecular weight excluding hydrogens is 244 g/mol. The van der Waals surface area contributed by atoms with Crippen LogP contribution in [0.4, 0.5) is 0 Å². The number of aliphatic carboxylic acids is 1. The first-order valence-electron chi connectivity index (χ1n) is 5.01. The van der Waals surface area contributed by atoms with E-state index in [4.69, 9.17) is 4.18 Å². The minimum Gasteiger partial charge on any atom is -0.550 e. The highest BCUT2D eigenvalue weighted by Gasteiger charge is 2.18. The number of carboxylic acid groups (broad SMARTS) is 1. The maximum atomic E-state index is 11.7. The number of hydrogen-bond acceptors (Lipinski definition) is 5. The van der Waals surface area contributed by atoms with Gasteiger partial charge in [0.05, 0.1) is 11.0 Å². The van der Waals surface area contributed by atoms with E-state index in [1.54, 1.807) is 12.1 Å². The lowest BCUT2D eigenvalue weighted by molar-refractivity contribution is -0.306. The Morgan fingerprint density at radius 1 is 1.35 bits per heavy atom. The van der Waals surface area contributed by atoms with Crippen molar-refractivity contribution in [2.45, 2.75) is 31.3 Å². The second-order valence-electron chi connectivity index (χ2n) is 3.75. The Hall–Kier alpha value is -1.40. The molecule has 6 heteroatoms. The fourth-order valence-electron chi connectivity index (χ4n) is 1.25. The third-order valence-electron chi connectivity index (χ3n) is 2.05. The highest BCUT2D eigenvalue weighted by atomic mass is 32.2. The predicted octanol–water partition coefficient (Wildman–Crippen LogP) is 0.229. The summed E-state index contributed by atoms with van der Waals surface area (Å²) in [6.07, 6.45) is -1.42. The van der Waals surface area contributed by atoms with Crippen molar-refractivity contribution in [1.82, 2.24) is 0 Å². The van der Waals surface area contributed by atoms with Crippen molar-refractivity contribution in [1.29, 1.82) is 0 Å². The minimum atomic E-state index is -3.91. The molecule has 0 heterocycles. The van der Waals surface area contributed by atoms with Gasteiger partial charge in [-0.1, -0.05) is 17.7 Å². The van der Waals surface area contributed by atoms with Gasteiger partial charge in [-0.25, -0.2) is 0 Å². The Morgan fingerprint density at radius 2 is 1.88 bits per heavy atom. The minimum absolute atomic E-state index is 0.00768. The monoisotopic (exact) mass is 257 g/mol. The number of carbonyl (C=O) groups is 1. The maximum absolute atomic E-state index is 11.7. The Balaban J connectivity index is 2.82. The molecule has 0 saturated carbocycles. The topological polar surface area (TPSA) is 83.5 Å². The molecular formula is C11H13O5S-. The average molecular weight is 257 g/mol. The van der Waals surface area contributed by atoms with Gasteiger partial charge in [0.25, 0.3) is 10.1 Å². The molecule has 0 bridgehead atoms. The molecule has 0 amide bonds. The summed E-state index contributed by atoms with van der Waals surface area (Å²) in [6, 6.07) is 6.10. The van der Waals surface area contributed by atoms with Crippen LogP contribution in [0.3, 0.4) is 0 Å². The fraction of sp³-hybridized carbons (Fsp3) is 0.364. The van der Waals surface area contributed by atoms with E-state index in [2.05, 4.69) is 0 Å². The van der Waals surface area contributed by atoms with Gasteiger partial charge in [-0.2, -0.15) is 8.42 Å². The van der Waals surface area contributed by atoms with Crippen LogP contribution >= 0.6 is 0 Å². The summed E-state index contributed by atoms with van der Waals surface area (Å²) in [5.74, 6) is -1.35. The lowest BCUT2D eigenvalue weighted by Crippen LogP contribution is -2.28. The van der Waals surface area contributed by atoms with E-state index in [0.29, 0.717) is 0 Å². The molecule has 94 valence electrons. The van der Waals surface area contributed by atoms with Crippen molar-refractivity contribution < 1.29 is 22.5 Å². The molecule has 0 aliphatic heterocycles. The Labute approximate surface area is 100 Å². The van der Waals surface area contributed by atoms with Crippen LogP contribution in [-0.4, -0.2) is 20.5 Å². The van der Waals surface area contributed by atoms with E-state index >= 15 is 0 Å². The first-order valence-corrected chi connectivity index (χ1v) is 6.42. The van der Waals surface area contributed by atoms with Crippen LogP contribution in [0, 0.1) is 6.92 Å². The molecule has 0 aromatic heterocycles.